The van der Waals surface area contributed by atoms with Crippen LogP contribution in [0.5, 0.6) is 5.75 Å². The zero-order chi connectivity index (χ0) is 13.5. The van der Waals surface area contributed by atoms with E-state index >= 15 is 0 Å². The molecule has 0 bridgehead atoms. The second-order valence-electron chi connectivity index (χ2n) is 4.93. The first-order valence-corrected chi connectivity index (χ1v) is 6.54. The van der Waals surface area contributed by atoms with Gasteiger partial charge in [0.1, 0.15) is 11.6 Å². The predicted octanol–water partition coefficient (Wildman–Crippen LogP) is 2.62. The molecule has 1 aromatic rings. The lowest BCUT2D eigenvalue weighted by molar-refractivity contribution is 0.182. The van der Waals surface area contributed by atoms with Crippen molar-refractivity contribution >= 4 is 5.82 Å². The molecule has 0 aliphatic rings. The summed E-state index contributed by atoms with van der Waals surface area (Å²) in [4.78, 5) is 6.72. The largest absolute Gasteiger partial charge is 0.497 e. The number of pyridine rings is 1. The number of ether oxygens (including phenoxy) is 1. The third kappa shape index (κ3) is 4.53. The number of nitrogens with zero attached hydrogens (tertiary/aromatic N) is 2. The maximum atomic E-state index is 5.17. The average molecular weight is 251 g/mol. The third-order valence-electron chi connectivity index (χ3n) is 2.97. The summed E-state index contributed by atoms with van der Waals surface area (Å²) in [5, 5.41) is 3.33. The minimum absolute atomic E-state index is 0.560. The van der Waals surface area contributed by atoms with Crippen LogP contribution < -0.4 is 10.1 Å². The lowest BCUT2D eigenvalue weighted by Gasteiger charge is -2.30. The quantitative estimate of drug-likeness (QED) is 0.808. The van der Waals surface area contributed by atoms with Crippen LogP contribution >= 0.6 is 0 Å². The highest BCUT2D eigenvalue weighted by Crippen LogP contribution is 2.13. The highest BCUT2D eigenvalue weighted by molar-refractivity contribution is 5.40. The van der Waals surface area contributed by atoms with Gasteiger partial charge in [0.05, 0.1) is 7.11 Å². The summed E-state index contributed by atoms with van der Waals surface area (Å²) in [5.41, 5.74) is 0. The number of methoxy groups -OCH3 is 1. The van der Waals surface area contributed by atoms with Crippen molar-refractivity contribution in [3.63, 3.8) is 0 Å². The molecule has 1 N–H and O–H groups in total. The van der Waals surface area contributed by atoms with Gasteiger partial charge < -0.3 is 10.1 Å². The molecule has 0 atom stereocenters. The van der Waals surface area contributed by atoms with Gasteiger partial charge in [0, 0.05) is 37.4 Å². The lowest BCUT2D eigenvalue weighted by Crippen LogP contribution is -2.40. The van der Waals surface area contributed by atoms with Crippen molar-refractivity contribution in [3.8, 4) is 5.75 Å². The second-order valence-corrected chi connectivity index (χ2v) is 4.93. The summed E-state index contributed by atoms with van der Waals surface area (Å²) >= 11 is 0. The van der Waals surface area contributed by atoms with Gasteiger partial charge in [-0.2, -0.15) is 0 Å². The van der Waals surface area contributed by atoms with Gasteiger partial charge >= 0.3 is 0 Å². The van der Waals surface area contributed by atoms with Gasteiger partial charge in [0.2, 0.25) is 0 Å². The molecule has 0 saturated heterocycles. The van der Waals surface area contributed by atoms with Crippen LogP contribution in [-0.4, -0.2) is 42.2 Å². The average Bonchev–Trinajstić information content (AvgIpc) is 2.34. The number of aromatic nitrogens is 1. The standard InChI is InChI=1S/C14H25N3O/c1-11(2)17(12(3)4)9-8-16-14-10-13(18-5)6-7-15-14/h6-7,10-12H,8-9H2,1-5H3,(H,15,16). The molecule has 1 rings (SSSR count). The van der Waals surface area contributed by atoms with E-state index in [1.54, 1.807) is 13.3 Å². The summed E-state index contributed by atoms with van der Waals surface area (Å²) in [5.74, 6) is 1.69. The van der Waals surface area contributed by atoms with Gasteiger partial charge in [0.25, 0.3) is 0 Å². The highest BCUT2D eigenvalue weighted by Gasteiger charge is 2.12. The fourth-order valence-electron chi connectivity index (χ4n) is 2.06. The maximum Gasteiger partial charge on any atom is 0.129 e. The summed E-state index contributed by atoms with van der Waals surface area (Å²) < 4.78 is 5.17. The zero-order valence-corrected chi connectivity index (χ0v) is 12.1. The Morgan fingerprint density at radius 2 is 1.94 bits per heavy atom. The van der Waals surface area contributed by atoms with Crippen molar-refractivity contribution in [2.45, 2.75) is 39.8 Å². The zero-order valence-electron chi connectivity index (χ0n) is 12.1. The van der Waals surface area contributed by atoms with Gasteiger partial charge in [-0.05, 0) is 33.8 Å². The molecular weight excluding hydrogens is 226 g/mol. The Morgan fingerprint density at radius 1 is 1.28 bits per heavy atom. The number of hydrogen-bond acceptors (Lipinski definition) is 4. The predicted molar refractivity (Wildman–Crippen MR) is 76.3 cm³/mol. The van der Waals surface area contributed by atoms with Gasteiger partial charge in [-0.15, -0.1) is 0 Å². The van der Waals surface area contributed by atoms with Gasteiger partial charge in [-0.3, -0.25) is 4.90 Å². The van der Waals surface area contributed by atoms with Crippen LogP contribution in [0.15, 0.2) is 18.3 Å². The van der Waals surface area contributed by atoms with Crippen molar-refractivity contribution in [2.75, 3.05) is 25.5 Å². The molecule has 4 nitrogen and oxygen atoms in total. The minimum atomic E-state index is 0.560. The SMILES string of the molecule is COc1ccnc(NCCN(C(C)C)C(C)C)c1. The first-order valence-electron chi connectivity index (χ1n) is 6.54. The molecule has 0 aromatic carbocycles. The van der Waals surface area contributed by atoms with Gasteiger partial charge in [0.15, 0.2) is 0 Å². The molecule has 102 valence electrons. The minimum Gasteiger partial charge on any atom is -0.497 e. The second kappa shape index (κ2) is 7.21. The van der Waals surface area contributed by atoms with E-state index < -0.39 is 0 Å². The Kier molecular flexibility index (Phi) is 5.92. The van der Waals surface area contributed by atoms with Crippen molar-refractivity contribution in [2.24, 2.45) is 0 Å². The van der Waals surface area contributed by atoms with Crippen LogP contribution in [0.4, 0.5) is 5.82 Å². The number of anilines is 1. The van der Waals surface area contributed by atoms with Crippen molar-refractivity contribution in [1.82, 2.24) is 9.88 Å². The van der Waals surface area contributed by atoms with E-state index in [4.69, 9.17) is 4.74 Å². The van der Waals surface area contributed by atoms with E-state index in [-0.39, 0.29) is 0 Å². The Balaban J connectivity index is 2.44. The molecule has 0 saturated carbocycles. The van der Waals surface area contributed by atoms with E-state index in [0.717, 1.165) is 24.7 Å². The molecule has 18 heavy (non-hydrogen) atoms. The molecule has 1 heterocycles. The van der Waals surface area contributed by atoms with Crippen LogP contribution in [0.2, 0.25) is 0 Å². The molecular formula is C14H25N3O. The fraction of sp³-hybridized carbons (Fsp3) is 0.643. The molecule has 4 heteroatoms. The number of hydrogen-bond donors (Lipinski definition) is 1. The summed E-state index contributed by atoms with van der Waals surface area (Å²) in [6.07, 6.45) is 1.75. The molecule has 0 unspecified atom stereocenters. The van der Waals surface area contributed by atoms with E-state index in [2.05, 4.69) is 42.9 Å². The van der Waals surface area contributed by atoms with Crippen LogP contribution in [0.25, 0.3) is 0 Å². The highest BCUT2D eigenvalue weighted by atomic mass is 16.5. The summed E-state index contributed by atoms with van der Waals surface area (Å²) in [6, 6.07) is 4.88. The lowest BCUT2D eigenvalue weighted by atomic mass is 10.2. The van der Waals surface area contributed by atoms with Crippen molar-refractivity contribution in [3.05, 3.63) is 18.3 Å². The van der Waals surface area contributed by atoms with Gasteiger partial charge in [-0.25, -0.2) is 4.98 Å². The maximum absolute atomic E-state index is 5.17. The first-order chi connectivity index (χ1) is 8.54. The monoisotopic (exact) mass is 251 g/mol. The molecule has 0 amide bonds. The van der Waals surface area contributed by atoms with Crippen LogP contribution in [0, 0.1) is 0 Å². The van der Waals surface area contributed by atoms with Crippen LogP contribution in [0.3, 0.4) is 0 Å². The van der Waals surface area contributed by atoms with Crippen molar-refractivity contribution < 1.29 is 4.74 Å². The fourth-order valence-corrected chi connectivity index (χ4v) is 2.06. The molecule has 1 aromatic heterocycles. The summed E-state index contributed by atoms with van der Waals surface area (Å²) in [7, 11) is 1.67. The number of rotatable bonds is 7. The Morgan fingerprint density at radius 3 is 2.50 bits per heavy atom. The molecule has 0 aliphatic heterocycles. The Labute approximate surface area is 110 Å². The van der Waals surface area contributed by atoms with E-state index in [9.17, 15) is 0 Å². The Hall–Kier alpha value is -1.29. The van der Waals surface area contributed by atoms with Crippen molar-refractivity contribution in [1.29, 1.82) is 0 Å². The van der Waals surface area contributed by atoms with Crippen LogP contribution in [0.1, 0.15) is 27.7 Å². The Bertz CT molecular complexity index is 345. The molecule has 0 radical (unpaired) electrons. The number of nitrogens with one attached hydrogen (secondary N) is 1. The topological polar surface area (TPSA) is 37.4 Å². The normalized spacial score (nSPS) is 11.3. The van der Waals surface area contributed by atoms with E-state index in [1.807, 2.05) is 12.1 Å². The molecule has 0 fully saturated rings. The smallest absolute Gasteiger partial charge is 0.129 e. The molecule has 0 aliphatic carbocycles. The van der Waals surface area contributed by atoms with E-state index in [1.165, 1.54) is 0 Å². The molecule has 0 spiro atoms. The summed E-state index contributed by atoms with van der Waals surface area (Å²) in [6.45, 7) is 10.8. The first kappa shape index (κ1) is 14.8. The van der Waals surface area contributed by atoms with Gasteiger partial charge in [-0.1, -0.05) is 0 Å². The third-order valence-corrected chi connectivity index (χ3v) is 2.97. The van der Waals surface area contributed by atoms with Crippen LogP contribution in [-0.2, 0) is 0 Å². The van der Waals surface area contributed by atoms with E-state index in [0.29, 0.717) is 12.1 Å².